The second-order valence-electron chi connectivity index (χ2n) is 6.81. The van der Waals surface area contributed by atoms with Gasteiger partial charge in [-0.15, -0.1) is 0 Å². The zero-order chi connectivity index (χ0) is 21.5. The highest BCUT2D eigenvalue weighted by Crippen LogP contribution is 2.25. The Bertz CT molecular complexity index is 1390. The first-order chi connectivity index (χ1) is 14.3. The predicted molar refractivity (Wildman–Crippen MR) is 110 cm³/mol. The summed E-state index contributed by atoms with van der Waals surface area (Å²) in [5.74, 6) is -0.0210. The van der Waals surface area contributed by atoms with Crippen LogP contribution < -0.4 is 5.76 Å². The van der Waals surface area contributed by atoms with E-state index in [4.69, 9.17) is 4.42 Å². The number of aromatic nitrogens is 4. The molecule has 0 aliphatic carbocycles. The lowest BCUT2D eigenvalue weighted by atomic mass is 10.1. The lowest BCUT2D eigenvalue weighted by Gasteiger charge is -2.18. The molecule has 3 heterocycles. The van der Waals surface area contributed by atoms with Crippen LogP contribution >= 0.6 is 0 Å². The van der Waals surface area contributed by atoms with Gasteiger partial charge in [0.05, 0.1) is 28.3 Å². The Morgan fingerprint density at radius 1 is 1.17 bits per heavy atom. The zero-order valence-electron chi connectivity index (χ0n) is 16.6. The summed E-state index contributed by atoms with van der Waals surface area (Å²) in [5, 5.41) is 0. The minimum absolute atomic E-state index is 0.0222. The normalized spacial score (nSPS) is 12.0. The first-order valence-corrected chi connectivity index (χ1v) is 10.5. The van der Waals surface area contributed by atoms with E-state index >= 15 is 0 Å². The van der Waals surface area contributed by atoms with Gasteiger partial charge in [0.15, 0.2) is 5.58 Å². The van der Waals surface area contributed by atoms with E-state index in [-0.39, 0.29) is 17.0 Å². The average Bonchev–Trinajstić information content (AvgIpc) is 3.02. The highest BCUT2D eigenvalue weighted by Gasteiger charge is 2.24. The van der Waals surface area contributed by atoms with E-state index in [0.717, 1.165) is 0 Å². The predicted octanol–water partition coefficient (Wildman–Crippen LogP) is 2.11. The molecule has 4 rings (SSSR count). The summed E-state index contributed by atoms with van der Waals surface area (Å²) in [6.45, 7) is 1.76. The third kappa shape index (κ3) is 3.51. The fourth-order valence-corrected chi connectivity index (χ4v) is 4.27. The highest BCUT2D eigenvalue weighted by atomic mass is 32.2. The third-order valence-corrected chi connectivity index (χ3v) is 6.57. The van der Waals surface area contributed by atoms with Crippen molar-refractivity contribution in [3.8, 4) is 11.3 Å². The molecule has 3 aromatic heterocycles. The summed E-state index contributed by atoms with van der Waals surface area (Å²) in [4.78, 5) is 24.7. The molecule has 0 saturated carbocycles. The number of sulfonamides is 1. The van der Waals surface area contributed by atoms with Gasteiger partial charge in [0.2, 0.25) is 10.0 Å². The molecule has 4 aromatic rings. The number of fused-ring (bicyclic) bond motifs is 1. The van der Waals surface area contributed by atoms with E-state index in [1.165, 1.54) is 28.1 Å². The molecular weight excluding hydrogens is 406 g/mol. The molecule has 30 heavy (non-hydrogen) atoms. The molecule has 1 aromatic carbocycles. The second kappa shape index (κ2) is 7.47. The Kier molecular flexibility index (Phi) is 4.96. The van der Waals surface area contributed by atoms with E-state index in [0.29, 0.717) is 28.3 Å². The van der Waals surface area contributed by atoms with Crippen LogP contribution in [0.5, 0.6) is 0 Å². The van der Waals surface area contributed by atoms with Crippen molar-refractivity contribution in [2.45, 2.75) is 18.4 Å². The van der Waals surface area contributed by atoms with Gasteiger partial charge in [-0.2, -0.15) is 4.31 Å². The topological polar surface area (TPSA) is 111 Å². The minimum atomic E-state index is -3.86. The lowest BCUT2D eigenvalue weighted by molar-refractivity contribution is 0.461. The molecule has 0 radical (unpaired) electrons. The third-order valence-electron chi connectivity index (χ3n) is 4.77. The summed E-state index contributed by atoms with van der Waals surface area (Å²) in [7, 11) is -0.830. The first kappa shape index (κ1) is 19.9. The first-order valence-electron chi connectivity index (χ1n) is 9.07. The lowest BCUT2D eigenvalue weighted by Crippen LogP contribution is -2.27. The van der Waals surface area contributed by atoms with E-state index in [1.807, 2.05) is 12.1 Å². The number of hydrogen-bond donors (Lipinski definition) is 0. The second-order valence-corrected chi connectivity index (χ2v) is 8.86. The smallest absolute Gasteiger partial charge is 0.408 e. The van der Waals surface area contributed by atoms with Crippen LogP contribution in [0.4, 0.5) is 0 Å². The van der Waals surface area contributed by atoms with Crippen molar-refractivity contribution >= 4 is 21.1 Å². The average molecular weight is 425 g/mol. The Morgan fingerprint density at radius 2 is 1.97 bits per heavy atom. The van der Waals surface area contributed by atoms with Gasteiger partial charge in [-0.1, -0.05) is 6.07 Å². The van der Waals surface area contributed by atoms with Crippen LogP contribution in [0.1, 0.15) is 11.5 Å². The Morgan fingerprint density at radius 3 is 2.70 bits per heavy atom. The molecule has 154 valence electrons. The van der Waals surface area contributed by atoms with Crippen LogP contribution in [-0.2, 0) is 23.6 Å². The summed E-state index contributed by atoms with van der Waals surface area (Å²) in [5.41, 5.74) is 2.59. The molecule has 0 N–H and O–H groups in total. The number of benzene rings is 1. The van der Waals surface area contributed by atoms with Crippen LogP contribution in [0, 0.1) is 6.92 Å². The van der Waals surface area contributed by atoms with E-state index in [1.54, 1.807) is 38.5 Å². The molecule has 0 fully saturated rings. The van der Waals surface area contributed by atoms with Gasteiger partial charge in [0.25, 0.3) is 0 Å². The quantitative estimate of drug-likeness (QED) is 0.481. The van der Waals surface area contributed by atoms with Crippen LogP contribution in [0.15, 0.2) is 62.9 Å². The summed E-state index contributed by atoms with van der Waals surface area (Å²) < 4.78 is 33.9. The Balaban J connectivity index is 1.71. The van der Waals surface area contributed by atoms with Crippen molar-refractivity contribution in [2.24, 2.45) is 7.05 Å². The van der Waals surface area contributed by atoms with Crippen molar-refractivity contribution in [3.05, 3.63) is 70.9 Å². The fraction of sp³-hybridized carbons (Fsp3) is 0.200. The number of hydrogen-bond acceptors (Lipinski definition) is 7. The van der Waals surface area contributed by atoms with Gasteiger partial charge in [-0.25, -0.2) is 23.2 Å². The maximum atomic E-state index is 13.1. The van der Waals surface area contributed by atoms with Crippen LogP contribution in [0.25, 0.3) is 22.4 Å². The summed E-state index contributed by atoms with van der Waals surface area (Å²) in [6.07, 6.45) is 3.30. The van der Waals surface area contributed by atoms with Gasteiger partial charge < -0.3 is 4.42 Å². The van der Waals surface area contributed by atoms with Gasteiger partial charge in [-0.3, -0.25) is 9.55 Å². The molecule has 10 heteroatoms. The monoisotopic (exact) mass is 425 g/mol. The van der Waals surface area contributed by atoms with Gasteiger partial charge in [-0.05, 0) is 31.2 Å². The Hall–Kier alpha value is -3.37. The largest absolute Gasteiger partial charge is 0.419 e. The van der Waals surface area contributed by atoms with Gasteiger partial charge in [0, 0.05) is 38.1 Å². The molecule has 0 aliphatic heterocycles. The standard InChI is InChI=1S/C20H19N5O4S/c1-13-22-11-15(16-6-4-5-9-21-16)17(23-13)12-24(2)30(27,28)14-7-8-18-19(10-14)29-20(26)25(18)3/h4-11H,12H2,1-3H3. The molecular formula is C20H19N5O4S. The molecule has 0 saturated heterocycles. The summed E-state index contributed by atoms with van der Waals surface area (Å²) >= 11 is 0. The number of aryl methyl sites for hydroxylation is 2. The molecule has 0 aliphatic rings. The number of nitrogens with zero attached hydrogens (tertiary/aromatic N) is 5. The molecule has 9 nitrogen and oxygen atoms in total. The Labute approximate surface area is 172 Å². The minimum Gasteiger partial charge on any atom is -0.408 e. The van der Waals surface area contributed by atoms with Crippen molar-refractivity contribution in [3.63, 3.8) is 0 Å². The maximum absolute atomic E-state index is 13.1. The molecule has 0 atom stereocenters. The van der Waals surface area contributed by atoms with Crippen LogP contribution in [0.3, 0.4) is 0 Å². The van der Waals surface area contributed by atoms with Crippen LogP contribution in [0.2, 0.25) is 0 Å². The van der Waals surface area contributed by atoms with Gasteiger partial charge >= 0.3 is 5.76 Å². The van der Waals surface area contributed by atoms with E-state index < -0.39 is 15.8 Å². The molecule has 0 amide bonds. The van der Waals surface area contributed by atoms with E-state index in [9.17, 15) is 13.2 Å². The van der Waals surface area contributed by atoms with Crippen molar-refractivity contribution < 1.29 is 12.8 Å². The number of oxazole rings is 1. The van der Waals surface area contributed by atoms with Crippen molar-refractivity contribution in [1.29, 1.82) is 0 Å². The number of rotatable bonds is 5. The van der Waals surface area contributed by atoms with Gasteiger partial charge in [0.1, 0.15) is 5.82 Å². The highest BCUT2D eigenvalue weighted by molar-refractivity contribution is 7.89. The number of pyridine rings is 1. The summed E-state index contributed by atoms with van der Waals surface area (Å²) in [6, 6.07) is 9.82. The molecule has 0 spiro atoms. The SMILES string of the molecule is Cc1ncc(-c2ccccn2)c(CN(C)S(=O)(=O)c2ccc3c(c2)oc(=O)n3C)n1. The van der Waals surface area contributed by atoms with Crippen molar-refractivity contribution in [2.75, 3.05) is 7.05 Å². The maximum Gasteiger partial charge on any atom is 0.419 e. The molecule has 0 bridgehead atoms. The molecule has 0 unspecified atom stereocenters. The van der Waals surface area contributed by atoms with Crippen LogP contribution in [-0.4, -0.2) is 39.3 Å². The van der Waals surface area contributed by atoms with Crippen molar-refractivity contribution in [1.82, 2.24) is 23.8 Å². The zero-order valence-corrected chi connectivity index (χ0v) is 17.4. The fourth-order valence-electron chi connectivity index (χ4n) is 3.12. The van der Waals surface area contributed by atoms with E-state index in [2.05, 4.69) is 15.0 Å².